The zero-order valence-corrected chi connectivity index (χ0v) is 10.6. The number of carbonyl (C=O) groups is 1. The lowest BCUT2D eigenvalue weighted by Gasteiger charge is -2.12. The van der Waals surface area contributed by atoms with Crippen molar-refractivity contribution in [2.75, 3.05) is 26.9 Å². The number of carbonyl (C=O) groups excluding carboxylic acids is 1. The summed E-state index contributed by atoms with van der Waals surface area (Å²) >= 11 is 0. The molecular formula is C13H19NO3. The number of benzene rings is 1. The molecule has 0 unspecified atom stereocenters. The topological polar surface area (TPSA) is 61.5 Å². The molecule has 1 aromatic carbocycles. The monoisotopic (exact) mass is 237 g/mol. The summed E-state index contributed by atoms with van der Waals surface area (Å²) in [5, 5.41) is 0. The first-order chi connectivity index (χ1) is 8.11. The van der Waals surface area contributed by atoms with Crippen LogP contribution in [0.5, 0.6) is 5.75 Å². The first kappa shape index (κ1) is 13.7. The lowest BCUT2D eigenvalue weighted by molar-refractivity contribution is 0.0771. The quantitative estimate of drug-likeness (QED) is 0.601. The summed E-state index contributed by atoms with van der Waals surface area (Å²) in [6.07, 6.45) is 0. The summed E-state index contributed by atoms with van der Waals surface area (Å²) in [5.74, 6) is 0.546. The molecule has 4 nitrogen and oxygen atoms in total. The average Bonchev–Trinajstić information content (AvgIpc) is 2.32. The van der Waals surface area contributed by atoms with Gasteiger partial charge < -0.3 is 15.2 Å². The largest absolute Gasteiger partial charge is 0.496 e. The van der Waals surface area contributed by atoms with Gasteiger partial charge in [-0.15, -0.1) is 0 Å². The van der Waals surface area contributed by atoms with E-state index in [1.165, 1.54) is 0 Å². The molecule has 0 amide bonds. The molecule has 4 heteroatoms. The minimum Gasteiger partial charge on any atom is -0.496 e. The molecule has 0 aromatic heterocycles. The molecule has 0 aliphatic rings. The molecule has 0 aliphatic carbocycles. The van der Waals surface area contributed by atoms with E-state index in [2.05, 4.69) is 0 Å². The van der Waals surface area contributed by atoms with E-state index in [9.17, 15) is 4.79 Å². The van der Waals surface area contributed by atoms with Gasteiger partial charge in [-0.1, -0.05) is 6.07 Å². The second-order valence-electron chi connectivity index (χ2n) is 3.85. The number of rotatable bonds is 6. The minimum atomic E-state index is -0.0848. The summed E-state index contributed by atoms with van der Waals surface area (Å²) in [6.45, 7) is 4.76. The molecule has 0 spiro atoms. The van der Waals surface area contributed by atoms with Gasteiger partial charge in [-0.05, 0) is 31.0 Å². The van der Waals surface area contributed by atoms with Crippen LogP contribution >= 0.6 is 0 Å². The average molecular weight is 237 g/mol. The molecule has 1 aromatic rings. The lowest BCUT2D eigenvalue weighted by Crippen LogP contribution is -2.15. The van der Waals surface area contributed by atoms with E-state index in [1.807, 2.05) is 19.9 Å². The van der Waals surface area contributed by atoms with Gasteiger partial charge in [-0.2, -0.15) is 0 Å². The normalized spacial score (nSPS) is 10.4. The van der Waals surface area contributed by atoms with Crippen molar-refractivity contribution in [2.24, 2.45) is 5.73 Å². The van der Waals surface area contributed by atoms with Crippen molar-refractivity contribution in [1.82, 2.24) is 0 Å². The first-order valence-corrected chi connectivity index (χ1v) is 5.57. The Balaban J connectivity index is 2.90. The third-order valence-electron chi connectivity index (χ3n) is 2.68. The highest BCUT2D eigenvalue weighted by Crippen LogP contribution is 2.26. The van der Waals surface area contributed by atoms with Crippen molar-refractivity contribution >= 4 is 5.78 Å². The van der Waals surface area contributed by atoms with Gasteiger partial charge in [0.1, 0.15) is 12.4 Å². The van der Waals surface area contributed by atoms with E-state index >= 15 is 0 Å². The van der Waals surface area contributed by atoms with Gasteiger partial charge in [0.25, 0.3) is 0 Å². The molecule has 2 N–H and O–H groups in total. The van der Waals surface area contributed by atoms with E-state index in [4.69, 9.17) is 15.2 Å². The fourth-order valence-electron chi connectivity index (χ4n) is 1.60. The lowest BCUT2D eigenvalue weighted by atomic mass is 10.0. The van der Waals surface area contributed by atoms with Crippen LogP contribution in [0.4, 0.5) is 0 Å². The van der Waals surface area contributed by atoms with Gasteiger partial charge in [0, 0.05) is 6.54 Å². The van der Waals surface area contributed by atoms with Crippen molar-refractivity contribution in [3.05, 3.63) is 28.8 Å². The second kappa shape index (κ2) is 6.37. The Morgan fingerprint density at radius 3 is 2.65 bits per heavy atom. The van der Waals surface area contributed by atoms with E-state index in [0.717, 1.165) is 11.1 Å². The third-order valence-corrected chi connectivity index (χ3v) is 2.68. The molecule has 0 fully saturated rings. The number of hydrogen-bond donors (Lipinski definition) is 1. The predicted octanol–water partition coefficient (Wildman–Crippen LogP) is 1.47. The van der Waals surface area contributed by atoms with Crippen LogP contribution in [-0.4, -0.2) is 32.7 Å². The fourth-order valence-corrected chi connectivity index (χ4v) is 1.60. The Hall–Kier alpha value is -1.39. The predicted molar refractivity (Wildman–Crippen MR) is 66.7 cm³/mol. The Labute approximate surface area is 102 Å². The van der Waals surface area contributed by atoms with Crippen molar-refractivity contribution in [3.63, 3.8) is 0 Å². The van der Waals surface area contributed by atoms with E-state index in [1.54, 1.807) is 13.2 Å². The molecule has 17 heavy (non-hydrogen) atoms. The van der Waals surface area contributed by atoms with Crippen molar-refractivity contribution in [1.29, 1.82) is 0 Å². The van der Waals surface area contributed by atoms with Gasteiger partial charge >= 0.3 is 0 Å². The highest BCUT2D eigenvalue weighted by molar-refractivity contribution is 6.00. The SMILES string of the molecule is COc1c(C(=O)COCCN)ccc(C)c1C. The molecule has 0 aliphatic heterocycles. The zero-order chi connectivity index (χ0) is 12.8. The number of methoxy groups -OCH3 is 1. The number of hydrogen-bond acceptors (Lipinski definition) is 4. The van der Waals surface area contributed by atoms with Crippen molar-refractivity contribution in [3.8, 4) is 5.75 Å². The Bertz CT molecular complexity index is 402. The highest BCUT2D eigenvalue weighted by Gasteiger charge is 2.15. The van der Waals surface area contributed by atoms with Crippen LogP contribution in [0.3, 0.4) is 0 Å². The smallest absolute Gasteiger partial charge is 0.192 e. The van der Waals surface area contributed by atoms with E-state index in [0.29, 0.717) is 24.5 Å². The van der Waals surface area contributed by atoms with Gasteiger partial charge in [0.05, 0.1) is 19.3 Å². The molecule has 0 saturated heterocycles. The molecule has 0 atom stereocenters. The standard InChI is InChI=1S/C13H19NO3/c1-9-4-5-11(13(16-3)10(9)2)12(15)8-17-7-6-14/h4-5H,6-8,14H2,1-3H3. The Morgan fingerprint density at radius 2 is 2.06 bits per heavy atom. The van der Waals surface area contributed by atoms with Crippen LogP contribution in [-0.2, 0) is 4.74 Å². The van der Waals surface area contributed by atoms with Crippen molar-refractivity contribution in [2.45, 2.75) is 13.8 Å². The Morgan fingerprint density at radius 1 is 1.35 bits per heavy atom. The maximum atomic E-state index is 11.9. The molecule has 0 saturated carbocycles. The molecule has 0 bridgehead atoms. The number of ether oxygens (including phenoxy) is 2. The summed E-state index contributed by atoms with van der Waals surface area (Å²) in [4.78, 5) is 11.9. The number of ketones is 1. The molecule has 1 rings (SSSR count). The highest BCUT2D eigenvalue weighted by atomic mass is 16.5. The minimum absolute atomic E-state index is 0.0378. The summed E-state index contributed by atoms with van der Waals surface area (Å²) in [6, 6.07) is 3.68. The molecule has 94 valence electrons. The number of aryl methyl sites for hydroxylation is 1. The van der Waals surface area contributed by atoms with Crippen LogP contribution in [0.2, 0.25) is 0 Å². The van der Waals surface area contributed by atoms with Crippen LogP contribution < -0.4 is 10.5 Å². The van der Waals surface area contributed by atoms with Crippen molar-refractivity contribution < 1.29 is 14.3 Å². The fraction of sp³-hybridized carbons (Fsp3) is 0.462. The summed E-state index contributed by atoms with van der Waals surface area (Å²) in [5.41, 5.74) is 7.94. The van der Waals surface area contributed by atoms with E-state index in [-0.39, 0.29) is 12.4 Å². The van der Waals surface area contributed by atoms with Gasteiger partial charge in [0.15, 0.2) is 5.78 Å². The zero-order valence-electron chi connectivity index (χ0n) is 10.6. The Kier molecular flexibility index (Phi) is 5.12. The number of Topliss-reactive ketones (excluding diaryl/α,β-unsaturated/α-hetero) is 1. The second-order valence-corrected chi connectivity index (χ2v) is 3.85. The van der Waals surface area contributed by atoms with E-state index < -0.39 is 0 Å². The molecule has 0 radical (unpaired) electrons. The first-order valence-electron chi connectivity index (χ1n) is 5.57. The maximum Gasteiger partial charge on any atom is 0.192 e. The molecular weight excluding hydrogens is 218 g/mol. The maximum absolute atomic E-state index is 11.9. The van der Waals surface area contributed by atoms with Gasteiger partial charge in [-0.25, -0.2) is 0 Å². The van der Waals surface area contributed by atoms with Crippen LogP contribution in [0.15, 0.2) is 12.1 Å². The van der Waals surface area contributed by atoms with Crippen LogP contribution in [0, 0.1) is 13.8 Å². The van der Waals surface area contributed by atoms with Crippen LogP contribution in [0.1, 0.15) is 21.5 Å². The summed E-state index contributed by atoms with van der Waals surface area (Å²) < 4.78 is 10.4. The van der Waals surface area contributed by atoms with Gasteiger partial charge in [0.2, 0.25) is 0 Å². The van der Waals surface area contributed by atoms with Crippen LogP contribution in [0.25, 0.3) is 0 Å². The third kappa shape index (κ3) is 3.28. The van der Waals surface area contributed by atoms with Gasteiger partial charge in [-0.3, -0.25) is 4.79 Å². The number of nitrogens with two attached hydrogens (primary N) is 1. The summed E-state index contributed by atoms with van der Waals surface area (Å²) in [7, 11) is 1.57. The molecule has 0 heterocycles.